The van der Waals surface area contributed by atoms with Crippen molar-refractivity contribution in [1.29, 1.82) is 0 Å². The second kappa shape index (κ2) is 5.59. The van der Waals surface area contributed by atoms with Crippen LogP contribution in [0.2, 0.25) is 0 Å². The Morgan fingerprint density at radius 1 is 1.35 bits per heavy atom. The van der Waals surface area contributed by atoms with Gasteiger partial charge in [0, 0.05) is 17.4 Å². The van der Waals surface area contributed by atoms with Crippen molar-refractivity contribution in [2.24, 2.45) is 0 Å². The molecule has 0 fully saturated rings. The van der Waals surface area contributed by atoms with Crippen LogP contribution in [0.15, 0.2) is 35.7 Å². The van der Waals surface area contributed by atoms with E-state index in [0.717, 1.165) is 16.3 Å². The molecule has 2 rings (SSSR count). The first-order chi connectivity index (χ1) is 8.29. The molecule has 0 aliphatic heterocycles. The summed E-state index contributed by atoms with van der Waals surface area (Å²) in [5.74, 6) is 0.0569. The molecule has 1 N–H and O–H groups in total. The molecule has 0 spiro atoms. The van der Waals surface area contributed by atoms with E-state index < -0.39 is 0 Å². The smallest absolute Gasteiger partial charge is 0.220 e. The highest BCUT2D eigenvalue weighted by Crippen LogP contribution is 2.21. The minimum absolute atomic E-state index is 0.0569. The summed E-state index contributed by atoms with van der Waals surface area (Å²) >= 11 is 1.57. The van der Waals surface area contributed by atoms with Crippen molar-refractivity contribution >= 4 is 17.2 Å². The lowest BCUT2D eigenvalue weighted by Crippen LogP contribution is -2.21. The molecule has 0 unspecified atom stereocenters. The molecule has 0 bridgehead atoms. The SMILES string of the molecule is CCC(=O)NCc1nc(-c2ccccc2)cs1. The molecule has 2 aromatic rings. The van der Waals surface area contributed by atoms with Crippen molar-refractivity contribution in [3.8, 4) is 11.3 Å². The van der Waals surface area contributed by atoms with Crippen LogP contribution in [0.1, 0.15) is 18.4 Å². The zero-order chi connectivity index (χ0) is 12.1. The third kappa shape index (κ3) is 3.14. The lowest BCUT2D eigenvalue weighted by atomic mass is 10.2. The molecule has 3 nitrogen and oxygen atoms in total. The van der Waals surface area contributed by atoms with Crippen molar-refractivity contribution in [2.75, 3.05) is 0 Å². The summed E-state index contributed by atoms with van der Waals surface area (Å²) in [6, 6.07) is 10.0. The molecule has 0 aliphatic carbocycles. The molecule has 88 valence electrons. The second-order valence-electron chi connectivity index (χ2n) is 3.62. The Morgan fingerprint density at radius 3 is 2.82 bits per heavy atom. The van der Waals surface area contributed by atoms with Gasteiger partial charge >= 0.3 is 0 Å². The highest BCUT2D eigenvalue weighted by Gasteiger charge is 2.04. The average Bonchev–Trinajstić information content (AvgIpc) is 2.86. The summed E-state index contributed by atoms with van der Waals surface area (Å²) in [6.45, 7) is 2.36. The van der Waals surface area contributed by atoms with E-state index in [9.17, 15) is 4.79 Å². The minimum atomic E-state index is 0.0569. The van der Waals surface area contributed by atoms with Crippen molar-refractivity contribution in [3.63, 3.8) is 0 Å². The molecule has 0 aliphatic rings. The normalized spacial score (nSPS) is 10.2. The molecule has 0 atom stereocenters. The highest BCUT2D eigenvalue weighted by atomic mass is 32.1. The largest absolute Gasteiger partial charge is 0.350 e. The third-order valence-corrected chi connectivity index (χ3v) is 3.23. The molecular formula is C13H14N2OS. The fraction of sp³-hybridized carbons (Fsp3) is 0.231. The molecule has 0 saturated heterocycles. The van der Waals surface area contributed by atoms with Gasteiger partial charge in [0.1, 0.15) is 5.01 Å². The number of thiazole rings is 1. The summed E-state index contributed by atoms with van der Waals surface area (Å²) < 4.78 is 0. The molecule has 1 aromatic carbocycles. The van der Waals surface area contributed by atoms with Crippen molar-refractivity contribution < 1.29 is 4.79 Å². The quantitative estimate of drug-likeness (QED) is 0.901. The molecule has 17 heavy (non-hydrogen) atoms. The van der Waals surface area contributed by atoms with E-state index in [4.69, 9.17) is 0 Å². The predicted octanol–water partition coefficient (Wildman–Crippen LogP) is 2.84. The Balaban J connectivity index is 2.04. The Hall–Kier alpha value is -1.68. The van der Waals surface area contributed by atoms with Crippen molar-refractivity contribution in [1.82, 2.24) is 10.3 Å². The Bertz CT molecular complexity index is 493. The molecule has 1 aromatic heterocycles. The molecular weight excluding hydrogens is 232 g/mol. The lowest BCUT2D eigenvalue weighted by molar-refractivity contribution is -0.120. The topological polar surface area (TPSA) is 42.0 Å². The number of carbonyl (C=O) groups excluding carboxylic acids is 1. The van der Waals surface area contributed by atoms with E-state index in [1.165, 1.54) is 0 Å². The van der Waals surface area contributed by atoms with Crippen LogP contribution in [-0.4, -0.2) is 10.9 Å². The van der Waals surface area contributed by atoms with Gasteiger partial charge in [-0.1, -0.05) is 37.3 Å². The summed E-state index contributed by atoms with van der Waals surface area (Å²) in [5, 5.41) is 5.77. The standard InChI is InChI=1S/C13H14N2OS/c1-2-12(16)14-8-13-15-11(9-17-13)10-6-4-3-5-7-10/h3-7,9H,2,8H2,1H3,(H,14,16). The van der Waals surface area contributed by atoms with Gasteiger partial charge in [-0.2, -0.15) is 0 Å². The van der Waals surface area contributed by atoms with E-state index in [2.05, 4.69) is 10.3 Å². The fourth-order valence-electron chi connectivity index (χ4n) is 1.43. The number of benzene rings is 1. The predicted molar refractivity (Wildman–Crippen MR) is 69.7 cm³/mol. The van der Waals surface area contributed by atoms with Crippen LogP contribution in [0.3, 0.4) is 0 Å². The zero-order valence-electron chi connectivity index (χ0n) is 9.64. The Morgan fingerprint density at radius 2 is 2.12 bits per heavy atom. The van der Waals surface area contributed by atoms with Gasteiger partial charge < -0.3 is 5.32 Å². The number of hydrogen-bond donors (Lipinski definition) is 1. The average molecular weight is 246 g/mol. The van der Waals surface area contributed by atoms with Crippen LogP contribution >= 0.6 is 11.3 Å². The lowest BCUT2D eigenvalue weighted by Gasteiger charge is -1.99. The maximum atomic E-state index is 11.1. The second-order valence-corrected chi connectivity index (χ2v) is 4.57. The van der Waals surface area contributed by atoms with E-state index in [-0.39, 0.29) is 5.91 Å². The van der Waals surface area contributed by atoms with Crippen LogP contribution in [0.25, 0.3) is 11.3 Å². The first-order valence-corrected chi connectivity index (χ1v) is 6.44. The summed E-state index contributed by atoms with van der Waals surface area (Å²) in [7, 11) is 0. The van der Waals surface area contributed by atoms with E-state index in [0.29, 0.717) is 13.0 Å². The number of nitrogens with one attached hydrogen (secondary N) is 1. The molecule has 4 heteroatoms. The summed E-state index contributed by atoms with van der Waals surface area (Å²) in [6.07, 6.45) is 0.511. The van der Waals surface area contributed by atoms with Crippen LogP contribution in [0, 0.1) is 0 Å². The number of carbonyl (C=O) groups is 1. The molecule has 0 saturated carbocycles. The highest BCUT2D eigenvalue weighted by molar-refractivity contribution is 7.09. The van der Waals surface area contributed by atoms with Gasteiger partial charge in [0.25, 0.3) is 0 Å². The minimum Gasteiger partial charge on any atom is -0.350 e. The number of aromatic nitrogens is 1. The van der Waals surface area contributed by atoms with Gasteiger partial charge in [-0.25, -0.2) is 4.98 Å². The van der Waals surface area contributed by atoms with Gasteiger partial charge in [-0.15, -0.1) is 11.3 Å². The van der Waals surface area contributed by atoms with E-state index in [1.54, 1.807) is 11.3 Å². The van der Waals surface area contributed by atoms with Crippen molar-refractivity contribution in [3.05, 3.63) is 40.7 Å². The number of nitrogens with zero attached hydrogens (tertiary/aromatic N) is 1. The zero-order valence-corrected chi connectivity index (χ0v) is 10.5. The molecule has 0 radical (unpaired) electrons. The molecule has 1 amide bonds. The number of amides is 1. The van der Waals surface area contributed by atoms with Crippen LogP contribution in [-0.2, 0) is 11.3 Å². The van der Waals surface area contributed by atoms with Gasteiger partial charge in [-0.05, 0) is 0 Å². The van der Waals surface area contributed by atoms with Gasteiger partial charge in [0.05, 0.1) is 12.2 Å². The monoisotopic (exact) mass is 246 g/mol. The molecule has 1 heterocycles. The first-order valence-electron chi connectivity index (χ1n) is 5.56. The fourth-order valence-corrected chi connectivity index (χ4v) is 2.18. The van der Waals surface area contributed by atoms with Crippen molar-refractivity contribution in [2.45, 2.75) is 19.9 Å². The van der Waals surface area contributed by atoms with Crippen LogP contribution in [0.5, 0.6) is 0 Å². The van der Waals surface area contributed by atoms with E-state index >= 15 is 0 Å². The Labute approximate surface area is 105 Å². The van der Waals surface area contributed by atoms with Gasteiger partial charge in [0.2, 0.25) is 5.91 Å². The summed E-state index contributed by atoms with van der Waals surface area (Å²) in [4.78, 5) is 15.6. The third-order valence-electron chi connectivity index (χ3n) is 2.38. The van der Waals surface area contributed by atoms with Crippen LogP contribution < -0.4 is 5.32 Å². The van der Waals surface area contributed by atoms with Gasteiger partial charge in [0.15, 0.2) is 0 Å². The Kier molecular flexibility index (Phi) is 3.88. The number of rotatable bonds is 4. The maximum absolute atomic E-state index is 11.1. The van der Waals surface area contributed by atoms with E-state index in [1.807, 2.05) is 42.6 Å². The summed E-state index contributed by atoms with van der Waals surface area (Å²) in [5.41, 5.74) is 2.08. The van der Waals surface area contributed by atoms with Gasteiger partial charge in [-0.3, -0.25) is 4.79 Å². The maximum Gasteiger partial charge on any atom is 0.220 e. The first kappa shape index (κ1) is 11.8. The van der Waals surface area contributed by atoms with Crippen LogP contribution in [0.4, 0.5) is 0 Å². The number of hydrogen-bond acceptors (Lipinski definition) is 3.